The number of anilines is 1. The Labute approximate surface area is 167 Å². The molecule has 0 spiro atoms. The number of aromatic nitrogens is 4. The molecule has 0 aliphatic rings. The van der Waals surface area contributed by atoms with Crippen LogP contribution in [-0.2, 0) is 12.7 Å². The van der Waals surface area contributed by atoms with E-state index in [0.29, 0.717) is 29.8 Å². The Kier molecular flexibility index (Phi) is 4.82. The Bertz CT molecular complexity index is 1280. The van der Waals surface area contributed by atoms with Gasteiger partial charge in [-0.2, -0.15) is 18.3 Å². The highest BCUT2D eigenvalue weighted by atomic mass is 19.4. The Balaban J connectivity index is 1.58. The van der Waals surface area contributed by atoms with Gasteiger partial charge in [-0.1, -0.05) is 30.3 Å². The average molecular weight is 413 g/mol. The quantitative estimate of drug-likeness (QED) is 0.536. The first-order valence-corrected chi connectivity index (χ1v) is 8.78. The predicted octanol–water partition coefficient (Wildman–Crippen LogP) is 3.44. The summed E-state index contributed by atoms with van der Waals surface area (Å²) < 4.78 is 40.2. The topological polar surface area (TPSA) is 92.7 Å². The van der Waals surface area contributed by atoms with Crippen LogP contribution in [-0.4, -0.2) is 25.7 Å². The number of benzene rings is 1. The summed E-state index contributed by atoms with van der Waals surface area (Å²) in [6.07, 6.45) is -1.29. The van der Waals surface area contributed by atoms with Gasteiger partial charge in [0.2, 0.25) is 0 Å². The summed E-state index contributed by atoms with van der Waals surface area (Å²) in [5.74, 6) is -0.759. The van der Waals surface area contributed by atoms with Crippen LogP contribution in [0.25, 0.3) is 11.0 Å². The van der Waals surface area contributed by atoms with Crippen LogP contribution in [0, 0.1) is 0 Å². The third-order valence-corrected chi connectivity index (χ3v) is 4.39. The van der Waals surface area contributed by atoms with Crippen molar-refractivity contribution in [3.05, 3.63) is 88.1 Å². The Morgan fingerprint density at radius 2 is 1.90 bits per heavy atom. The molecule has 3 aromatic heterocycles. The highest BCUT2D eigenvalue weighted by Gasteiger charge is 2.31. The zero-order valence-corrected chi connectivity index (χ0v) is 15.3. The Morgan fingerprint density at radius 1 is 1.13 bits per heavy atom. The highest BCUT2D eigenvalue weighted by molar-refractivity contribution is 6.05. The lowest BCUT2D eigenvalue weighted by Crippen LogP contribution is -2.21. The van der Waals surface area contributed by atoms with Crippen LogP contribution in [0.2, 0.25) is 0 Å². The van der Waals surface area contributed by atoms with E-state index in [4.69, 9.17) is 0 Å². The summed E-state index contributed by atoms with van der Waals surface area (Å²) in [7, 11) is 0. The fourth-order valence-corrected chi connectivity index (χ4v) is 2.90. The number of hydrogen-bond acceptors (Lipinski definition) is 4. The molecule has 0 atom stereocenters. The van der Waals surface area contributed by atoms with Crippen LogP contribution in [0.1, 0.15) is 21.5 Å². The molecule has 0 aliphatic carbocycles. The smallest absolute Gasteiger partial charge is 0.327 e. The van der Waals surface area contributed by atoms with Crippen molar-refractivity contribution >= 4 is 22.6 Å². The number of nitrogens with one attached hydrogen (secondary N) is 2. The molecule has 7 nitrogen and oxygen atoms in total. The summed E-state index contributed by atoms with van der Waals surface area (Å²) in [5.41, 5.74) is -0.773. The number of halogens is 3. The molecule has 30 heavy (non-hydrogen) atoms. The zero-order chi connectivity index (χ0) is 21.3. The monoisotopic (exact) mass is 413 g/mol. The normalized spacial score (nSPS) is 11.6. The van der Waals surface area contributed by atoms with Crippen LogP contribution in [0.5, 0.6) is 0 Å². The minimum Gasteiger partial charge on any atom is -0.327 e. The van der Waals surface area contributed by atoms with Gasteiger partial charge in [-0.3, -0.25) is 9.59 Å². The van der Waals surface area contributed by atoms with Gasteiger partial charge in [-0.25, -0.2) is 9.67 Å². The van der Waals surface area contributed by atoms with Crippen molar-refractivity contribution in [2.45, 2.75) is 12.7 Å². The molecule has 4 rings (SSSR count). The van der Waals surface area contributed by atoms with E-state index in [-0.39, 0.29) is 5.56 Å². The Hall–Kier alpha value is -3.95. The second-order valence-electron chi connectivity index (χ2n) is 6.51. The minimum atomic E-state index is -4.66. The molecule has 1 amide bonds. The highest BCUT2D eigenvalue weighted by Crippen LogP contribution is 2.29. The van der Waals surface area contributed by atoms with Crippen molar-refractivity contribution in [2.24, 2.45) is 0 Å². The van der Waals surface area contributed by atoms with E-state index in [1.807, 2.05) is 35.3 Å². The van der Waals surface area contributed by atoms with Gasteiger partial charge in [0.25, 0.3) is 11.5 Å². The van der Waals surface area contributed by atoms with Gasteiger partial charge in [0.1, 0.15) is 5.69 Å². The fraction of sp³-hybridized carbons (Fsp3) is 0.100. The molecule has 10 heteroatoms. The van der Waals surface area contributed by atoms with Crippen LogP contribution in [0.3, 0.4) is 0 Å². The van der Waals surface area contributed by atoms with Crippen LogP contribution in [0.4, 0.5) is 18.9 Å². The lowest BCUT2D eigenvalue weighted by molar-refractivity contribution is -0.137. The molecular weight excluding hydrogens is 399 g/mol. The van der Waals surface area contributed by atoms with Gasteiger partial charge in [-0.05, 0) is 17.7 Å². The number of carbonyl (C=O) groups excluding carboxylic acids is 1. The van der Waals surface area contributed by atoms with Crippen LogP contribution >= 0.6 is 0 Å². The predicted molar refractivity (Wildman–Crippen MR) is 103 cm³/mol. The molecule has 0 radical (unpaired) electrons. The number of pyridine rings is 2. The van der Waals surface area contributed by atoms with E-state index < -0.39 is 28.9 Å². The van der Waals surface area contributed by atoms with Crippen LogP contribution in [0.15, 0.2) is 65.8 Å². The summed E-state index contributed by atoms with van der Waals surface area (Å²) in [4.78, 5) is 30.5. The summed E-state index contributed by atoms with van der Waals surface area (Å²) >= 11 is 0. The van der Waals surface area contributed by atoms with Gasteiger partial charge in [0.15, 0.2) is 5.65 Å². The van der Waals surface area contributed by atoms with Crippen molar-refractivity contribution in [3.63, 3.8) is 0 Å². The number of aromatic amines is 1. The first-order chi connectivity index (χ1) is 14.3. The van der Waals surface area contributed by atoms with E-state index in [9.17, 15) is 22.8 Å². The average Bonchev–Trinajstić information content (AvgIpc) is 3.11. The third-order valence-electron chi connectivity index (χ3n) is 4.39. The lowest BCUT2D eigenvalue weighted by Gasteiger charge is -2.09. The van der Waals surface area contributed by atoms with Crippen molar-refractivity contribution in [3.8, 4) is 0 Å². The number of alkyl halides is 3. The third kappa shape index (κ3) is 3.93. The maximum absolute atomic E-state index is 12.8. The molecule has 0 saturated carbocycles. The molecular formula is C20H14F3N5O2. The van der Waals surface area contributed by atoms with E-state index in [1.54, 1.807) is 10.9 Å². The van der Waals surface area contributed by atoms with Gasteiger partial charge >= 0.3 is 6.18 Å². The van der Waals surface area contributed by atoms with Gasteiger partial charge in [0.05, 0.1) is 23.9 Å². The first kappa shape index (κ1) is 19.4. The number of H-pyrrole nitrogens is 1. The van der Waals surface area contributed by atoms with Gasteiger partial charge < -0.3 is 10.3 Å². The van der Waals surface area contributed by atoms with E-state index in [0.717, 1.165) is 5.56 Å². The second-order valence-corrected chi connectivity index (χ2v) is 6.51. The maximum Gasteiger partial charge on any atom is 0.417 e. The SMILES string of the molecule is O=C(Nc1cc(C(F)(F)F)c[nH]c1=O)c1cnc2c(cnn2Cc2ccccc2)c1. The molecule has 3 heterocycles. The molecule has 4 aromatic rings. The number of hydrogen-bond donors (Lipinski definition) is 2. The van der Waals surface area contributed by atoms with Crippen molar-refractivity contribution in [2.75, 3.05) is 5.32 Å². The van der Waals surface area contributed by atoms with Gasteiger partial charge in [-0.15, -0.1) is 0 Å². The molecule has 0 fully saturated rings. The van der Waals surface area contributed by atoms with Crippen molar-refractivity contribution in [1.82, 2.24) is 19.7 Å². The molecule has 0 aliphatic heterocycles. The van der Waals surface area contributed by atoms with Crippen molar-refractivity contribution in [1.29, 1.82) is 0 Å². The minimum absolute atomic E-state index is 0.0820. The summed E-state index contributed by atoms with van der Waals surface area (Å²) in [6.45, 7) is 0.489. The number of amides is 1. The molecule has 2 N–H and O–H groups in total. The summed E-state index contributed by atoms with van der Waals surface area (Å²) in [5, 5.41) is 7.05. The summed E-state index contributed by atoms with van der Waals surface area (Å²) in [6, 6.07) is 11.7. The van der Waals surface area contributed by atoms with Crippen LogP contribution < -0.4 is 10.9 Å². The lowest BCUT2D eigenvalue weighted by atomic mass is 10.2. The van der Waals surface area contributed by atoms with E-state index >= 15 is 0 Å². The molecule has 1 aromatic carbocycles. The largest absolute Gasteiger partial charge is 0.417 e. The fourth-order valence-electron chi connectivity index (χ4n) is 2.90. The molecule has 0 bridgehead atoms. The van der Waals surface area contributed by atoms with Crippen molar-refractivity contribution < 1.29 is 18.0 Å². The standard InChI is InChI=1S/C20H14F3N5O2/c21-20(22,23)15-7-16(19(30)25-10-15)27-18(29)14-6-13-9-26-28(17(13)24-8-14)11-12-4-2-1-3-5-12/h1-10H,11H2,(H,25,30)(H,27,29). The second kappa shape index (κ2) is 7.47. The maximum atomic E-state index is 12.8. The van der Waals surface area contributed by atoms with E-state index in [2.05, 4.69) is 15.4 Å². The molecule has 0 unspecified atom stereocenters. The Morgan fingerprint density at radius 3 is 2.63 bits per heavy atom. The number of rotatable bonds is 4. The molecule has 152 valence electrons. The van der Waals surface area contributed by atoms with E-state index in [1.165, 1.54) is 12.3 Å². The number of fused-ring (bicyclic) bond motifs is 1. The first-order valence-electron chi connectivity index (χ1n) is 8.78. The number of nitrogens with zero attached hydrogens (tertiary/aromatic N) is 3. The zero-order valence-electron chi connectivity index (χ0n) is 15.3. The van der Waals surface area contributed by atoms with Gasteiger partial charge in [0, 0.05) is 17.8 Å². The molecule has 0 saturated heterocycles. The number of carbonyl (C=O) groups is 1.